The lowest BCUT2D eigenvalue weighted by Crippen LogP contribution is -2.52. The van der Waals surface area contributed by atoms with E-state index in [1.165, 1.54) is 0 Å². The van der Waals surface area contributed by atoms with E-state index in [-0.39, 0.29) is 6.04 Å². The van der Waals surface area contributed by atoms with Crippen LogP contribution in [0.5, 0.6) is 0 Å². The lowest BCUT2D eigenvalue weighted by molar-refractivity contribution is -0.144. The Bertz CT molecular complexity index is 182. The van der Waals surface area contributed by atoms with Gasteiger partial charge in [-0.3, -0.25) is 10.1 Å². The molecule has 0 saturated heterocycles. The zero-order chi connectivity index (χ0) is 11.2. The van der Waals surface area contributed by atoms with Crippen molar-refractivity contribution in [2.45, 2.75) is 45.2 Å². The fraction of sp³-hybridized carbons (Fsp3) is 0.900. The van der Waals surface area contributed by atoms with Crippen LogP contribution >= 0.6 is 0 Å². The third-order valence-electron chi connectivity index (χ3n) is 2.10. The van der Waals surface area contributed by atoms with Crippen molar-refractivity contribution in [3.63, 3.8) is 0 Å². The molecule has 1 unspecified atom stereocenters. The van der Waals surface area contributed by atoms with E-state index in [4.69, 9.17) is 9.84 Å². The first-order valence-corrected chi connectivity index (χ1v) is 4.92. The van der Waals surface area contributed by atoms with Crippen LogP contribution in [0.1, 0.15) is 33.6 Å². The summed E-state index contributed by atoms with van der Waals surface area (Å²) in [6, 6.07) is 0.165. The Morgan fingerprint density at radius 1 is 1.57 bits per heavy atom. The largest absolute Gasteiger partial charge is 0.480 e. The first-order chi connectivity index (χ1) is 6.42. The molecule has 4 nitrogen and oxygen atoms in total. The van der Waals surface area contributed by atoms with Gasteiger partial charge < -0.3 is 9.84 Å². The van der Waals surface area contributed by atoms with E-state index in [0.29, 0.717) is 13.0 Å². The standard InChI is InChI=1S/C10H21NO3/c1-8(2)11-10(3,9(12)13)6-5-7-14-4/h8,11H,5-7H2,1-4H3,(H,12,13). The molecule has 14 heavy (non-hydrogen) atoms. The molecule has 0 aromatic heterocycles. The third kappa shape index (κ3) is 4.58. The summed E-state index contributed by atoms with van der Waals surface area (Å²) in [4.78, 5) is 11.0. The van der Waals surface area contributed by atoms with Crippen LogP contribution < -0.4 is 5.32 Å². The zero-order valence-electron chi connectivity index (χ0n) is 9.46. The molecule has 0 fully saturated rings. The van der Waals surface area contributed by atoms with Gasteiger partial charge in [0.25, 0.3) is 0 Å². The molecule has 4 heteroatoms. The quantitative estimate of drug-likeness (QED) is 0.611. The summed E-state index contributed by atoms with van der Waals surface area (Å²) < 4.78 is 4.90. The molecule has 0 rings (SSSR count). The summed E-state index contributed by atoms with van der Waals surface area (Å²) in [5.41, 5.74) is -0.841. The summed E-state index contributed by atoms with van der Waals surface area (Å²) in [6.45, 7) is 6.20. The molecule has 0 bridgehead atoms. The maximum absolute atomic E-state index is 11.0. The molecule has 0 aliphatic heterocycles. The second-order valence-electron chi connectivity index (χ2n) is 4.03. The summed E-state index contributed by atoms with van der Waals surface area (Å²) >= 11 is 0. The number of nitrogens with one attached hydrogen (secondary N) is 1. The smallest absolute Gasteiger partial charge is 0.323 e. The van der Waals surface area contributed by atoms with Crippen LogP contribution in [0.4, 0.5) is 0 Å². The van der Waals surface area contributed by atoms with Gasteiger partial charge in [-0.1, -0.05) is 0 Å². The second-order valence-corrected chi connectivity index (χ2v) is 4.03. The first-order valence-electron chi connectivity index (χ1n) is 4.92. The predicted octanol–water partition coefficient (Wildman–Crippen LogP) is 1.25. The Morgan fingerprint density at radius 3 is 2.50 bits per heavy atom. The van der Waals surface area contributed by atoms with Crippen LogP contribution in [-0.4, -0.2) is 36.4 Å². The molecule has 84 valence electrons. The topological polar surface area (TPSA) is 58.6 Å². The summed E-state index contributed by atoms with van der Waals surface area (Å²) in [7, 11) is 1.62. The fourth-order valence-electron chi connectivity index (χ4n) is 1.45. The molecule has 0 spiro atoms. The van der Waals surface area contributed by atoms with Gasteiger partial charge in [0.1, 0.15) is 5.54 Å². The number of ether oxygens (including phenoxy) is 1. The van der Waals surface area contributed by atoms with Crippen LogP contribution in [0.3, 0.4) is 0 Å². The Labute approximate surface area is 85.6 Å². The van der Waals surface area contributed by atoms with Gasteiger partial charge in [0, 0.05) is 19.8 Å². The molecule has 0 aromatic rings. The molecular formula is C10H21NO3. The maximum Gasteiger partial charge on any atom is 0.323 e. The summed E-state index contributed by atoms with van der Waals surface area (Å²) in [5.74, 6) is -0.803. The monoisotopic (exact) mass is 203 g/mol. The van der Waals surface area contributed by atoms with Gasteiger partial charge in [-0.2, -0.15) is 0 Å². The van der Waals surface area contributed by atoms with Gasteiger partial charge in [-0.05, 0) is 33.6 Å². The van der Waals surface area contributed by atoms with E-state index >= 15 is 0 Å². The van der Waals surface area contributed by atoms with E-state index in [1.807, 2.05) is 13.8 Å². The molecule has 0 radical (unpaired) electrons. The minimum atomic E-state index is -0.841. The number of rotatable bonds is 7. The minimum absolute atomic E-state index is 0.165. The highest BCUT2D eigenvalue weighted by Crippen LogP contribution is 2.13. The van der Waals surface area contributed by atoms with Crippen molar-refractivity contribution in [3.05, 3.63) is 0 Å². The van der Waals surface area contributed by atoms with Crippen LogP contribution in [0.25, 0.3) is 0 Å². The van der Waals surface area contributed by atoms with Crippen molar-refractivity contribution in [2.75, 3.05) is 13.7 Å². The number of hydrogen-bond acceptors (Lipinski definition) is 3. The van der Waals surface area contributed by atoms with E-state index in [1.54, 1.807) is 14.0 Å². The van der Waals surface area contributed by atoms with Crippen molar-refractivity contribution in [2.24, 2.45) is 0 Å². The van der Waals surface area contributed by atoms with E-state index in [9.17, 15) is 4.79 Å². The predicted molar refractivity (Wildman–Crippen MR) is 55.4 cm³/mol. The lowest BCUT2D eigenvalue weighted by Gasteiger charge is -2.28. The third-order valence-corrected chi connectivity index (χ3v) is 2.10. The first kappa shape index (κ1) is 13.4. The van der Waals surface area contributed by atoms with Gasteiger partial charge in [-0.25, -0.2) is 0 Å². The van der Waals surface area contributed by atoms with Crippen molar-refractivity contribution < 1.29 is 14.6 Å². The van der Waals surface area contributed by atoms with Crippen molar-refractivity contribution in [1.29, 1.82) is 0 Å². The van der Waals surface area contributed by atoms with Crippen LogP contribution in [0, 0.1) is 0 Å². The lowest BCUT2D eigenvalue weighted by atomic mass is 9.95. The number of methoxy groups -OCH3 is 1. The van der Waals surface area contributed by atoms with Gasteiger partial charge in [0.05, 0.1) is 0 Å². The number of hydrogen-bond donors (Lipinski definition) is 2. The van der Waals surface area contributed by atoms with E-state index < -0.39 is 11.5 Å². The van der Waals surface area contributed by atoms with Gasteiger partial charge in [0.15, 0.2) is 0 Å². The summed E-state index contributed by atoms with van der Waals surface area (Å²) in [5, 5.41) is 12.1. The second kappa shape index (κ2) is 5.98. The SMILES string of the molecule is COCCCC(C)(NC(C)C)C(=O)O. The zero-order valence-corrected chi connectivity index (χ0v) is 9.46. The molecule has 0 saturated carbocycles. The molecule has 0 aliphatic rings. The molecule has 0 amide bonds. The Hall–Kier alpha value is -0.610. The number of carboxylic acids is 1. The van der Waals surface area contributed by atoms with Crippen LogP contribution in [0.2, 0.25) is 0 Å². The summed E-state index contributed by atoms with van der Waals surface area (Å²) in [6.07, 6.45) is 1.33. The fourth-order valence-corrected chi connectivity index (χ4v) is 1.45. The molecule has 0 aliphatic carbocycles. The minimum Gasteiger partial charge on any atom is -0.480 e. The van der Waals surface area contributed by atoms with Gasteiger partial charge >= 0.3 is 5.97 Å². The number of carboxylic acid groups (broad SMARTS) is 1. The van der Waals surface area contributed by atoms with Gasteiger partial charge in [0.2, 0.25) is 0 Å². The van der Waals surface area contributed by atoms with Crippen molar-refractivity contribution in [1.82, 2.24) is 5.32 Å². The average molecular weight is 203 g/mol. The molecule has 1 atom stereocenters. The van der Waals surface area contributed by atoms with E-state index in [0.717, 1.165) is 6.42 Å². The highest BCUT2D eigenvalue weighted by atomic mass is 16.5. The Morgan fingerprint density at radius 2 is 2.14 bits per heavy atom. The van der Waals surface area contributed by atoms with Crippen LogP contribution in [-0.2, 0) is 9.53 Å². The highest BCUT2D eigenvalue weighted by molar-refractivity contribution is 5.78. The molecular weight excluding hydrogens is 182 g/mol. The van der Waals surface area contributed by atoms with Gasteiger partial charge in [-0.15, -0.1) is 0 Å². The number of carbonyl (C=O) groups is 1. The highest BCUT2D eigenvalue weighted by Gasteiger charge is 2.32. The molecule has 2 N–H and O–H groups in total. The number of aliphatic carboxylic acids is 1. The maximum atomic E-state index is 11.0. The van der Waals surface area contributed by atoms with Crippen LogP contribution in [0.15, 0.2) is 0 Å². The normalized spacial score (nSPS) is 15.5. The Kier molecular flexibility index (Phi) is 5.72. The average Bonchev–Trinajstić information content (AvgIpc) is 2.03. The molecule has 0 aromatic carbocycles. The van der Waals surface area contributed by atoms with E-state index in [2.05, 4.69) is 5.32 Å². The van der Waals surface area contributed by atoms with Crippen molar-refractivity contribution >= 4 is 5.97 Å². The Balaban J connectivity index is 4.17. The van der Waals surface area contributed by atoms with Crippen molar-refractivity contribution in [3.8, 4) is 0 Å². The molecule has 0 heterocycles.